The van der Waals surface area contributed by atoms with Crippen molar-refractivity contribution in [3.8, 4) is 0 Å². The van der Waals surface area contributed by atoms with Gasteiger partial charge >= 0.3 is 5.97 Å². The fourth-order valence-corrected chi connectivity index (χ4v) is 5.13. The van der Waals surface area contributed by atoms with Crippen LogP contribution in [-0.4, -0.2) is 47.3 Å². The van der Waals surface area contributed by atoms with Crippen molar-refractivity contribution in [1.29, 1.82) is 0 Å². The van der Waals surface area contributed by atoms with Crippen molar-refractivity contribution in [3.05, 3.63) is 51.2 Å². The monoisotopic (exact) mass is 535 g/mol. The Hall–Kier alpha value is -3.29. The van der Waals surface area contributed by atoms with E-state index in [1.165, 1.54) is 18.2 Å². The lowest BCUT2D eigenvalue weighted by atomic mass is 9.92. The molecular weight excluding hydrogens is 490 g/mol. The second-order valence-electron chi connectivity index (χ2n) is 10.2. The minimum absolute atomic E-state index is 0.0834. The number of carbonyl (C=O) groups is 1. The van der Waals surface area contributed by atoms with Gasteiger partial charge in [-0.05, 0) is 62.8 Å². The minimum atomic E-state index is -0.218. The van der Waals surface area contributed by atoms with E-state index in [4.69, 9.17) is 19.8 Å². The van der Waals surface area contributed by atoms with Crippen LogP contribution in [0.5, 0.6) is 0 Å². The van der Waals surface area contributed by atoms with E-state index in [9.17, 15) is 9.59 Å². The highest BCUT2D eigenvalue weighted by Crippen LogP contribution is 2.28. The number of rotatable bonds is 14. The molecule has 8 heteroatoms. The van der Waals surface area contributed by atoms with Crippen molar-refractivity contribution >= 4 is 28.8 Å². The lowest BCUT2D eigenvalue weighted by Crippen LogP contribution is -2.27. The van der Waals surface area contributed by atoms with Gasteiger partial charge in [-0.1, -0.05) is 53.4 Å². The molecule has 0 spiro atoms. The zero-order chi connectivity index (χ0) is 28.5. The number of aryl methyl sites for hydroxylation is 2. The van der Waals surface area contributed by atoms with Gasteiger partial charge in [-0.25, -0.2) is 9.98 Å². The third kappa shape index (κ3) is 7.02. The fourth-order valence-electron chi connectivity index (χ4n) is 5.13. The Balaban J connectivity index is 2.05. The van der Waals surface area contributed by atoms with Gasteiger partial charge in [0.2, 0.25) is 0 Å². The van der Waals surface area contributed by atoms with E-state index in [-0.39, 0.29) is 11.5 Å². The van der Waals surface area contributed by atoms with Gasteiger partial charge in [0.15, 0.2) is 5.82 Å². The molecule has 2 aromatic rings. The summed E-state index contributed by atoms with van der Waals surface area (Å²) in [5, 5.41) is 4.82. The van der Waals surface area contributed by atoms with E-state index < -0.39 is 0 Å². The number of methoxy groups -OCH3 is 1. The van der Waals surface area contributed by atoms with Crippen molar-refractivity contribution < 1.29 is 9.53 Å². The standard InChI is InChI=1S/C31H45N5O3/c1-8-13-14-22(9-2)20-27-29(30-33-25(11-4)24(10-3)31(38)36(30)34-27)32-26-16-15-23(19-21(26)6)35(12-5)18-17-28(37)39-7/h15-16,19,22H,8-14,17-18,20H2,1-7H3. The van der Waals surface area contributed by atoms with Gasteiger partial charge in [0.05, 0.1) is 30.6 Å². The van der Waals surface area contributed by atoms with Crippen LogP contribution >= 0.6 is 0 Å². The molecule has 1 aliphatic rings. The van der Waals surface area contributed by atoms with Gasteiger partial charge in [-0.2, -0.15) is 9.78 Å². The SMILES string of the molecule is CCCCC(CC)CC1=Nn2c(nc(CC)c(CC)c2=O)C1=Nc1ccc(N(CC)CCC(=O)OC)cc1C. The summed E-state index contributed by atoms with van der Waals surface area (Å²) in [5.41, 5.74) is 5.89. The Morgan fingerprint density at radius 2 is 1.92 bits per heavy atom. The molecule has 1 unspecified atom stereocenters. The van der Waals surface area contributed by atoms with Crippen molar-refractivity contribution in [2.24, 2.45) is 16.0 Å². The normalized spacial score (nSPS) is 14.3. The highest BCUT2D eigenvalue weighted by molar-refractivity contribution is 6.49. The molecule has 1 aromatic heterocycles. The second kappa shape index (κ2) is 14.2. The van der Waals surface area contributed by atoms with Gasteiger partial charge in [0.25, 0.3) is 5.56 Å². The molecule has 3 rings (SSSR count). The number of fused-ring (bicyclic) bond motifs is 1. The van der Waals surface area contributed by atoms with Gasteiger partial charge < -0.3 is 9.64 Å². The highest BCUT2D eigenvalue weighted by Gasteiger charge is 2.29. The first-order valence-electron chi connectivity index (χ1n) is 14.6. The first kappa shape index (κ1) is 30.3. The van der Waals surface area contributed by atoms with Gasteiger partial charge in [-0.3, -0.25) is 9.59 Å². The van der Waals surface area contributed by atoms with Crippen LogP contribution in [0.4, 0.5) is 11.4 Å². The quantitative estimate of drug-likeness (QED) is 0.276. The maximum absolute atomic E-state index is 13.4. The maximum atomic E-state index is 13.4. The predicted molar refractivity (Wildman–Crippen MR) is 160 cm³/mol. The Bertz CT molecular complexity index is 1280. The molecular formula is C31H45N5O3. The number of hydrogen-bond donors (Lipinski definition) is 0. The maximum Gasteiger partial charge on any atom is 0.307 e. The van der Waals surface area contributed by atoms with E-state index in [0.717, 1.165) is 66.1 Å². The molecule has 0 radical (unpaired) electrons. The molecule has 1 aliphatic heterocycles. The molecule has 0 bridgehead atoms. The molecule has 0 amide bonds. The molecule has 39 heavy (non-hydrogen) atoms. The molecule has 0 fully saturated rings. The third-order valence-corrected chi connectivity index (χ3v) is 7.63. The molecule has 0 saturated carbocycles. The largest absolute Gasteiger partial charge is 0.469 e. The molecule has 0 N–H and O–H groups in total. The highest BCUT2D eigenvalue weighted by atomic mass is 16.5. The number of anilines is 1. The molecule has 1 aromatic carbocycles. The molecule has 0 aliphatic carbocycles. The van der Waals surface area contributed by atoms with Gasteiger partial charge in [-0.15, -0.1) is 0 Å². The summed E-state index contributed by atoms with van der Waals surface area (Å²) in [6.45, 7) is 13.9. The first-order valence-corrected chi connectivity index (χ1v) is 14.6. The van der Waals surface area contributed by atoms with Crippen LogP contribution < -0.4 is 10.5 Å². The Kier molecular flexibility index (Phi) is 11.0. The van der Waals surface area contributed by atoms with Crippen LogP contribution in [0, 0.1) is 12.8 Å². The minimum Gasteiger partial charge on any atom is -0.469 e. The predicted octanol–water partition coefficient (Wildman–Crippen LogP) is 6.01. The number of nitrogens with zero attached hydrogens (tertiary/aromatic N) is 5. The average Bonchev–Trinajstić information content (AvgIpc) is 3.28. The van der Waals surface area contributed by atoms with Gasteiger partial charge in [0, 0.05) is 24.3 Å². The smallest absolute Gasteiger partial charge is 0.307 e. The van der Waals surface area contributed by atoms with Crippen molar-refractivity contribution in [2.75, 3.05) is 25.1 Å². The number of carbonyl (C=O) groups excluding carboxylic acids is 1. The third-order valence-electron chi connectivity index (χ3n) is 7.63. The zero-order valence-electron chi connectivity index (χ0n) is 24.8. The first-order chi connectivity index (χ1) is 18.8. The summed E-state index contributed by atoms with van der Waals surface area (Å²) in [4.78, 5) is 37.3. The van der Waals surface area contributed by atoms with Crippen molar-refractivity contribution in [3.63, 3.8) is 0 Å². The van der Waals surface area contributed by atoms with Crippen LogP contribution in [0.15, 0.2) is 33.1 Å². The molecule has 1 atom stereocenters. The van der Waals surface area contributed by atoms with E-state index in [1.54, 1.807) is 0 Å². The number of hydrogen-bond acceptors (Lipinski definition) is 7. The molecule has 0 saturated heterocycles. The van der Waals surface area contributed by atoms with E-state index in [2.05, 4.69) is 31.7 Å². The van der Waals surface area contributed by atoms with Crippen LogP contribution in [0.2, 0.25) is 0 Å². The van der Waals surface area contributed by atoms with Crippen LogP contribution in [0.1, 0.15) is 95.8 Å². The zero-order valence-corrected chi connectivity index (χ0v) is 24.8. The Labute approximate surface area is 233 Å². The van der Waals surface area contributed by atoms with Crippen LogP contribution in [0.25, 0.3) is 0 Å². The van der Waals surface area contributed by atoms with Crippen molar-refractivity contribution in [2.45, 2.75) is 92.9 Å². The van der Waals surface area contributed by atoms with Crippen LogP contribution in [-0.2, 0) is 22.4 Å². The number of aromatic nitrogens is 2. The summed E-state index contributed by atoms with van der Waals surface area (Å²) in [6, 6.07) is 6.14. The van der Waals surface area contributed by atoms with E-state index in [1.807, 2.05) is 32.9 Å². The van der Waals surface area contributed by atoms with Crippen LogP contribution in [0.3, 0.4) is 0 Å². The van der Waals surface area contributed by atoms with E-state index >= 15 is 0 Å². The summed E-state index contributed by atoms with van der Waals surface area (Å²) in [6.07, 6.45) is 6.94. The Morgan fingerprint density at radius 3 is 2.51 bits per heavy atom. The average molecular weight is 536 g/mol. The number of ether oxygens (including phenoxy) is 1. The lowest BCUT2D eigenvalue weighted by Gasteiger charge is -2.23. The lowest BCUT2D eigenvalue weighted by molar-refractivity contribution is -0.140. The molecule has 8 nitrogen and oxygen atoms in total. The molecule has 2 heterocycles. The van der Waals surface area contributed by atoms with Crippen molar-refractivity contribution in [1.82, 2.24) is 9.66 Å². The number of aliphatic imine (C=N–C) groups is 1. The number of unbranched alkanes of at least 4 members (excludes halogenated alkanes) is 1. The summed E-state index contributed by atoms with van der Waals surface area (Å²) < 4.78 is 6.29. The second-order valence-corrected chi connectivity index (χ2v) is 10.2. The molecule has 212 valence electrons. The number of benzene rings is 1. The topological polar surface area (TPSA) is 89.2 Å². The van der Waals surface area contributed by atoms with E-state index in [0.29, 0.717) is 43.3 Å². The number of esters is 1. The fraction of sp³-hybridized carbons (Fsp3) is 0.581. The van der Waals surface area contributed by atoms with Gasteiger partial charge in [0.1, 0.15) is 5.71 Å². The summed E-state index contributed by atoms with van der Waals surface area (Å²) in [7, 11) is 1.41. The summed E-state index contributed by atoms with van der Waals surface area (Å²) >= 11 is 0. The Morgan fingerprint density at radius 1 is 1.15 bits per heavy atom. The summed E-state index contributed by atoms with van der Waals surface area (Å²) in [5.74, 6) is 0.808.